The normalized spacial score (nSPS) is 12.2. The lowest BCUT2D eigenvalue weighted by molar-refractivity contribution is -0.143. The minimum Gasteiger partial charge on any atom is -0.467 e. The largest absolute Gasteiger partial charge is 0.467 e. The van der Waals surface area contributed by atoms with E-state index in [1.165, 1.54) is 18.2 Å². The maximum atomic E-state index is 13.2. The van der Waals surface area contributed by atoms with Crippen LogP contribution in [0.3, 0.4) is 0 Å². The summed E-state index contributed by atoms with van der Waals surface area (Å²) in [5.41, 5.74) is 0. The Morgan fingerprint density at radius 3 is 2.86 bits per heavy atom. The molecule has 1 amide bonds. The van der Waals surface area contributed by atoms with E-state index in [2.05, 4.69) is 10.1 Å². The highest BCUT2D eigenvalue weighted by atomic mass is 35.5. The number of fused-ring (bicyclic) bond motifs is 1. The number of thiophene rings is 1. The molecule has 2 N–H and O–H groups in total. The van der Waals surface area contributed by atoms with Gasteiger partial charge < -0.3 is 15.2 Å². The highest BCUT2D eigenvalue weighted by Crippen LogP contribution is 2.35. The van der Waals surface area contributed by atoms with E-state index >= 15 is 0 Å². The Labute approximate surface area is 128 Å². The van der Waals surface area contributed by atoms with Crippen LogP contribution in [-0.2, 0) is 9.53 Å². The Morgan fingerprint density at radius 2 is 2.24 bits per heavy atom. The van der Waals surface area contributed by atoms with Gasteiger partial charge in [-0.2, -0.15) is 0 Å². The van der Waals surface area contributed by atoms with Crippen molar-refractivity contribution in [3.63, 3.8) is 0 Å². The molecule has 0 saturated heterocycles. The molecule has 0 fully saturated rings. The number of methoxy groups -OCH3 is 1. The third-order valence-corrected chi connectivity index (χ3v) is 4.43. The minimum atomic E-state index is -1.18. The number of rotatable bonds is 4. The molecular formula is C13H11ClFNO4S. The maximum absolute atomic E-state index is 13.2. The molecular weight excluding hydrogens is 321 g/mol. The van der Waals surface area contributed by atoms with Crippen molar-refractivity contribution in [2.75, 3.05) is 13.7 Å². The first-order chi connectivity index (χ1) is 9.97. The molecule has 8 heteroatoms. The van der Waals surface area contributed by atoms with E-state index in [-0.39, 0.29) is 9.90 Å². The van der Waals surface area contributed by atoms with Crippen molar-refractivity contribution < 1.29 is 23.8 Å². The number of amides is 1. The molecule has 0 aliphatic heterocycles. The summed E-state index contributed by atoms with van der Waals surface area (Å²) < 4.78 is 18.1. The van der Waals surface area contributed by atoms with Crippen molar-refractivity contribution >= 4 is 44.9 Å². The van der Waals surface area contributed by atoms with Gasteiger partial charge in [-0.3, -0.25) is 4.79 Å². The number of hydrogen-bond acceptors (Lipinski definition) is 5. The molecule has 2 aromatic rings. The van der Waals surface area contributed by atoms with Gasteiger partial charge in [0.25, 0.3) is 5.91 Å². The van der Waals surface area contributed by atoms with Gasteiger partial charge in [0, 0.05) is 10.1 Å². The molecule has 0 aliphatic carbocycles. The molecule has 0 radical (unpaired) electrons. The average Bonchev–Trinajstić information content (AvgIpc) is 2.80. The van der Waals surface area contributed by atoms with Crippen molar-refractivity contribution in [2.24, 2.45) is 0 Å². The quantitative estimate of drug-likeness (QED) is 0.840. The van der Waals surface area contributed by atoms with E-state index in [9.17, 15) is 14.0 Å². The van der Waals surface area contributed by atoms with Crippen LogP contribution in [0, 0.1) is 5.82 Å². The molecule has 21 heavy (non-hydrogen) atoms. The Morgan fingerprint density at radius 1 is 1.52 bits per heavy atom. The minimum absolute atomic E-state index is 0.139. The molecule has 0 bridgehead atoms. The fourth-order valence-electron chi connectivity index (χ4n) is 1.73. The Hall–Kier alpha value is -1.70. The van der Waals surface area contributed by atoms with E-state index in [1.807, 2.05) is 0 Å². The molecule has 1 unspecified atom stereocenters. The number of esters is 1. The van der Waals surface area contributed by atoms with Crippen molar-refractivity contribution in [1.82, 2.24) is 5.32 Å². The molecule has 5 nitrogen and oxygen atoms in total. The summed E-state index contributed by atoms with van der Waals surface area (Å²) in [5, 5.41) is 12.1. The number of halogens is 2. The molecule has 0 aliphatic rings. The van der Waals surface area contributed by atoms with Gasteiger partial charge >= 0.3 is 5.97 Å². The lowest BCUT2D eigenvalue weighted by atomic mass is 10.2. The summed E-state index contributed by atoms with van der Waals surface area (Å²) in [6.45, 7) is -0.602. The highest BCUT2D eigenvalue weighted by molar-refractivity contribution is 7.21. The van der Waals surface area contributed by atoms with E-state index in [0.29, 0.717) is 10.1 Å². The van der Waals surface area contributed by atoms with Gasteiger partial charge in [0.05, 0.1) is 18.7 Å². The highest BCUT2D eigenvalue weighted by Gasteiger charge is 2.24. The number of ether oxygens (including phenoxy) is 1. The predicted octanol–water partition coefficient (Wildman–Crippen LogP) is 1.96. The second-order valence-electron chi connectivity index (χ2n) is 4.12. The first kappa shape index (κ1) is 15.7. The first-order valence-corrected chi connectivity index (χ1v) is 7.04. The van der Waals surface area contributed by atoms with Crippen LogP contribution in [0.15, 0.2) is 18.2 Å². The summed E-state index contributed by atoms with van der Waals surface area (Å²) >= 11 is 7.09. The van der Waals surface area contributed by atoms with Gasteiger partial charge in [-0.15, -0.1) is 11.3 Å². The van der Waals surface area contributed by atoms with Gasteiger partial charge in [-0.05, 0) is 18.2 Å². The summed E-state index contributed by atoms with van der Waals surface area (Å²) in [5.74, 6) is -1.84. The Balaban J connectivity index is 2.31. The van der Waals surface area contributed by atoms with Crippen LogP contribution < -0.4 is 5.32 Å². The van der Waals surface area contributed by atoms with Crippen LogP contribution in [-0.4, -0.2) is 36.7 Å². The van der Waals surface area contributed by atoms with Gasteiger partial charge in [0.15, 0.2) is 6.04 Å². The lowest BCUT2D eigenvalue weighted by Gasteiger charge is -2.13. The number of aliphatic hydroxyl groups excluding tert-OH is 1. The topological polar surface area (TPSA) is 75.6 Å². The van der Waals surface area contributed by atoms with Crippen LogP contribution >= 0.6 is 22.9 Å². The maximum Gasteiger partial charge on any atom is 0.330 e. The fraction of sp³-hybridized carbons (Fsp3) is 0.231. The lowest BCUT2D eigenvalue weighted by Crippen LogP contribution is -2.43. The van der Waals surface area contributed by atoms with E-state index in [0.717, 1.165) is 18.4 Å². The number of carbonyl (C=O) groups excluding carboxylic acids is 2. The number of aliphatic hydroxyl groups is 1. The molecule has 0 saturated carbocycles. The average molecular weight is 332 g/mol. The van der Waals surface area contributed by atoms with Gasteiger partial charge in [-0.1, -0.05) is 11.6 Å². The summed E-state index contributed by atoms with van der Waals surface area (Å²) in [6.07, 6.45) is 0. The van der Waals surface area contributed by atoms with E-state index in [4.69, 9.17) is 16.7 Å². The Kier molecular flexibility index (Phi) is 4.76. The second-order valence-corrected chi connectivity index (χ2v) is 5.55. The summed E-state index contributed by atoms with van der Waals surface area (Å²) in [4.78, 5) is 23.6. The number of nitrogens with one attached hydrogen (secondary N) is 1. The van der Waals surface area contributed by atoms with Crippen LogP contribution in [0.2, 0.25) is 5.02 Å². The predicted molar refractivity (Wildman–Crippen MR) is 77.1 cm³/mol. The van der Waals surface area contributed by atoms with Gasteiger partial charge in [-0.25, -0.2) is 9.18 Å². The zero-order valence-electron chi connectivity index (χ0n) is 10.9. The van der Waals surface area contributed by atoms with Crippen LogP contribution in [0.4, 0.5) is 4.39 Å². The van der Waals surface area contributed by atoms with Crippen LogP contribution in [0.1, 0.15) is 9.67 Å². The Bertz CT molecular complexity index is 703. The van der Waals surface area contributed by atoms with Gasteiger partial charge in [0.2, 0.25) is 0 Å². The van der Waals surface area contributed by atoms with E-state index < -0.39 is 30.3 Å². The zero-order valence-corrected chi connectivity index (χ0v) is 12.4. The van der Waals surface area contributed by atoms with Crippen molar-refractivity contribution in [1.29, 1.82) is 0 Å². The molecule has 1 aromatic heterocycles. The molecule has 0 spiro atoms. The van der Waals surface area contributed by atoms with Crippen molar-refractivity contribution in [2.45, 2.75) is 6.04 Å². The smallest absolute Gasteiger partial charge is 0.330 e. The number of hydrogen-bond donors (Lipinski definition) is 2. The molecule has 1 aromatic carbocycles. The fourth-order valence-corrected chi connectivity index (χ4v) is 3.18. The molecule has 1 atom stereocenters. The molecule has 112 valence electrons. The second kappa shape index (κ2) is 6.38. The molecule has 1 heterocycles. The first-order valence-electron chi connectivity index (χ1n) is 5.85. The van der Waals surface area contributed by atoms with Gasteiger partial charge in [0.1, 0.15) is 10.7 Å². The van der Waals surface area contributed by atoms with Crippen LogP contribution in [0.5, 0.6) is 0 Å². The number of carbonyl (C=O) groups is 2. The van der Waals surface area contributed by atoms with Crippen LogP contribution in [0.25, 0.3) is 10.1 Å². The molecule has 2 rings (SSSR count). The zero-order chi connectivity index (χ0) is 15.6. The third-order valence-electron chi connectivity index (χ3n) is 2.77. The summed E-state index contributed by atoms with van der Waals surface area (Å²) in [6, 6.07) is 2.81. The summed E-state index contributed by atoms with van der Waals surface area (Å²) in [7, 11) is 1.15. The third kappa shape index (κ3) is 3.15. The standard InChI is InChI=1S/C13H11ClFNO4S/c1-20-13(19)8(5-17)16-12(18)11-10(14)7-3-2-6(15)4-9(7)21-11/h2-4,8,17H,5H2,1H3,(H,16,18). The van der Waals surface area contributed by atoms with E-state index in [1.54, 1.807) is 0 Å². The monoisotopic (exact) mass is 331 g/mol. The van der Waals surface area contributed by atoms with Crippen molar-refractivity contribution in [3.05, 3.63) is 33.9 Å². The SMILES string of the molecule is COC(=O)C(CO)NC(=O)c1sc2cc(F)ccc2c1Cl. The van der Waals surface area contributed by atoms with Crippen molar-refractivity contribution in [3.8, 4) is 0 Å². The number of benzene rings is 1.